The van der Waals surface area contributed by atoms with E-state index in [0.717, 1.165) is 32.3 Å². The average molecular weight is 447 g/mol. The third-order valence-electron chi connectivity index (χ3n) is 4.31. The maximum Gasteiger partial charge on any atom is 0.233 e. The van der Waals surface area contributed by atoms with E-state index in [-0.39, 0.29) is 5.91 Å². The number of amides is 1. The standard InChI is InChI=1S/C21H23ClN4OS2/c1-4-11-25(13-17-9-10-18(22)29-17)19(27)14-28-21-24-23-20(26(21)5-2)16-8-6-7-15(3)12-16/h4,6-10,12H,1,5,11,13-14H2,2-3H3. The molecule has 8 heteroatoms. The second-order valence-electron chi connectivity index (χ2n) is 6.48. The van der Waals surface area contributed by atoms with Gasteiger partial charge >= 0.3 is 0 Å². The highest BCUT2D eigenvalue weighted by Crippen LogP contribution is 2.26. The molecule has 0 N–H and O–H groups in total. The summed E-state index contributed by atoms with van der Waals surface area (Å²) >= 11 is 8.91. The van der Waals surface area contributed by atoms with Crippen LogP contribution in [0.1, 0.15) is 17.4 Å². The number of carbonyl (C=O) groups is 1. The number of benzene rings is 1. The number of aryl methyl sites for hydroxylation is 1. The molecule has 2 heterocycles. The van der Waals surface area contributed by atoms with Crippen LogP contribution in [0.4, 0.5) is 0 Å². The fraction of sp³-hybridized carbons (Fsp3) is 0.286. The van der Waals surface area contributed by atoms with Crippen LogP contribution >= 0.6 is 34.7 Å². The lowest BCUT2D eigenvalue weighted by Gasteiger charge is -2.20. The van der Waals surface area contributed by atoms with Gasteiger partial charge in [-0.2, -0.15) is 0 Å². The van der Waals surface area contributed by atoms with Crippen LogP contribution < -0.4 is 0 Å². The van der Waals surface area contributed by atoms with Gasteiger partial charge in [-0.05, 0) is 32.0 Å². The monoisotopic (exact) mass is 446 g/mol. The summed E-state index contributed by atoms with van der Waals surface area (Å²) in [6, 6.07) is 12.0. The third-order valence-corrected chi connectivity index (χ3v) is 6.48. The first kappa shape index (κ1) is 21.6. The number of thiophene rings is 1. The van der Waals surface area contributed by atoms with Gasteiger partial charge in [0, 0.05) is 23.5 Å². The van der Waals surface area contributed by atoms with Crippen LogP contribution in [0.15, 0.2) is 54.2 Å². The van der Waals surface area contributed by atoms with Crippen molar-refractivity contribution in [2.24, 2.45) is 0 Å². The summed E-state index contributed by atoms with van der Waals surface area (Å²) < 4.78 is 2.77. The van der Waals surface area contributed by atoms with Gasteiger partial charge in [0.15, 0.2) is 11.0 Å². The average Bonchev–Trinajstić information content (AvgIpc) is 3.31. The Balaban J connectivity index is 1.71. The first-order valence-electron chi connectivity index (χ1n) is 9.27. The van der Waals surface area contributed by atoms with Gasteiger partial charge in [-0.15, -0.1) is 28.1 Å². The normalized spacial score (nSPS) is 10.9. The van der Waals surface area contributed by atoms with E-state index in [4.69, 9.17) is 11.6 Å². The van der Waals surface area contributed by atoms with Crippen LogP contribution in [0.25, 0.3) is 11.4 Å². The highest BCUT2D eigenvalue weighted by atomic mass is 35.5. The van der Waals surface area contributed by atoms with Crippen LogP contribution in [0.5, 0.6) is 0 Å². The van der Waals surface area contributed by atoms with Crippen LogP contribution in [-0.4, -0.2) is 37.9 Å². The molecule has 0 aliphatic rings. The molecule has 2 aromatic heterocycles. The van der Waals surface area contributed by atoms with Crippen molar-refractivity contribution in [3.05, 3.63) is 63.8 Å². The zero-order valence-electron chi connectivity index (χ0n) is 16.5. The number of nitrogens with zero attached hydrogens (tertiary/aromatic N) is 4. The van der Waals surface area contributed by atoms with Crippen LogP contribution in [0.3, 0.4) is 0 Å². The molecular formula is C21H23ClN4OS2. The molecule has 0 radical (unpaired) electrons. The number of halogens is 1. The molecule has 0 atom stereocenters. The molecule has 0 bridgehead atoms. The quantitative estimate of drug-likeness (QED) is 0.331. The summed E-state index contributed by atoms with van der Waals surface area (Å²) in [6.45, 7) is 9.63. The summed E-state index contributed by atoms with van der Waals surface area (Å²) in [6.07, 6.45) is 1.74. The Morgan fingerprint density at radius 2 is 2.17 bits per heavy atom. The number of hydrogen-bond donors (Lipinski definition) is 0. The lowest BCUT2D eigenvalue weighted by atomic mass is 10.1. The van der Waals surface area contributed by atoms with E-state index < -0.39 is 0 Å². The van der Waals surface area contributed by atoms with E-state index in [1.54, 1.807) is 11.0 Å². The van der Waals surface area contributed by atoms with Crippen LogP contribution in [0.2, 0.25) is 4.34 Å². The van der Waals surface area contributed by atoms with E-state index in [0.29, 0.717) is 18.8 Å². The van der Waals surface area contributed by atoms with Gasteiger partial charge < -0.3 is 9.47 Å². The molecule has 5 nitrogen and oxygen atoms in total. The van der Waals surface area contributed by atoms with Crippen molar-refractivity contribution in [3.8, 4) is 11.4 Å². The van der Waals surface area contributed by atoms with Crippen LogP contribution in [0, 0.1) is 6.92 Å². The molecule has 152 valence electrons. The molecular weight excluding hydrogens is 424 g/mol. The number of carbonyl (C=O) groups excluding carboxylic acids is 1. The molecule has 1 aromatic carbocycles. The van der Waals surface area contributed by atoms with Crippen molar-refractivity contribution in [1.82, 2.24) is 19.7 Å². The Kier molecular flexibility index (Phi) is 7.52. The fourth-order valence-electron chi connectivity index (χ4n) is 2.93. The zero-order valence-corrected chi connectivity index (χ0v) is 18.9. The predicted octanol–water partition coefficient (Wildman–Crippen LogP) is 5.30. The topological polar surface area (TPSA) is 51.0 Å². The van der Waals surface area contributed by atoms with Gasteiger partial charge in [0.25, 0.3) is 0 Å². The zero-order chi connectivity index (χ0) is 20.8. The van der Waals surface area contributed by atoms with Gasteiger partial charge in [-0.1, -0.05) is 53.2 Å². The van der Waals surface area contributed by atoms with Gasteiger partial charge in [0.2, 0.25) is 5.91 Å². The third kappa shape index (κ3) is 5.50. The minimum Gasteiger partial charge on any atom is -0.333 e. The number of thioether (sulfide) groups is 1. The lowest BCUT2D eigenvalue weighted by Crippen LogP contribution is -2.31. The predicted molar refractivity (Wildman–Crippen MR) is 122 cm³/mol. The van der Waals surface area contributed by atoms with Gasteiger partial charge in [0.05, 0.1) is 16.6 Å². The van der Waals surface area contributed by atoms with Crippen molar-refractivity contribution in [3.63, 3.8) is 0 Å². The van der Waals surface area contributed by atoms with Crippen molar-refractivity contribution in [2.75, 3.05) is 12.3 Å². The molecule has 0 unspecified atom stereocenters. The molecule has 0 aliphatic heterocycles. The van der Waals surface area contributed by atoms with Gasteiger partial charge in [-0.3, -0.25) is 4.79 Å². The Hall–Kier alpha value is -2.09. The maximum atomic E-state index is 12.8. The summed E-state index contributed by atoms with van der Waals surface area (Å²) in [5, 5.41) is 9.44. The summed E-state index contributed by atoms with van der Waals surface area (Å²) in [5.74, 6) is 1.14. The van der Waals surface area contributed by atoms with Crippen molar-refractivity contribution >= 4 is 40.6 Å². The Bertz CT molecular complexity index is 998. The SMILES string of the molecule is C=CCN(Cc1ccc(Cl)s1)C(=O)CSc1nnc(-c2cccc(C)c2)n1CC. The Morgan fingerprint density at radius 1 is 1.34 bits per heavy atom. The Morgan fingerprint density at radius 3 is 2.83 bits per heavy atom. The molecule has 0 saturated carbocycles. The van der Waals surface area contributed by atoms with E-state index in [1.807, 2.05) is 28.8 Å². The van der Waals surface area contributed by atoms with E-state index in [1.165, 1.54) is 28.7 Å². The second-order valence-corrected chi connectivity index (χ2v) is 9.22. The fourth-order valence-corrected chi connectivity index (χ4v) is 4.94. The van der Waals surface area contributed by atoms with E-state index in [2.05, 4.69) is 42.8 Å². The molecule has 3 rings (SSSR count). The number of rotatable bonds is 9. The highest BCUT2D eigenvalue weighted by Gasteiger charge is 2.18. The van der Waals surface area contributed by atoms with Crippen molar-refractivity contribution in [1.29, 1.82) is 0 Å². The number of aromatic nitrogens is 3. The molecule has 29 heavy (non-hydrogen) atoms. The molecule has 0 spiro atoms. The van der Waals surface area contributed by atoms with Crippen molar-refractivity contribution < 1.29 is 4.79 Å². The second kappa shape index (κ2) is 10.1. The molecule has 0 fully saturated rings. The largest absolute Gasteiger partial charge is 0.333 e. The molecule has 0 aliphatic carbocycles. The van der Waals surface area contributed by atoms with E-state index >= 15 is 0 Å². The van der Waals surface area contributed by atoms with Crippen molar-refractivity contribution in [2.45, 2.75) is 32.1 Å². The lowest BCUT2D eigenvalue weighted by molar-refractivity contribution is -0.128. The number of hydrogen-bond acceptors (Lipinski definition) is 5. The van der Waals surface area contributed by atoms with Gasteiger partial charge in [-0.25, -0.2) is 0 Å². The highest BCUT2D eigenvalue weighted by molar-refractivity contribution is 7.99. The Labute approximate surface area is 184 Å². The maximum absolute atomic E-state index is 12.8. The minimum atomic E-state index is 0.0298. The molecule has 1 amide bonds. The molecule has 3 aromatic rings. The summed E-state index contributed by atoms with van der Waals surface area (Å²) in [7, 11) is 0. The summed E-state index contributed by atoms with van der Waals surface area (Å²) in [4.78, 5) is 15.6. The summed E-state index contributed by atoms with van der Waals surface area (Å²) in [5.41, 5.74) is 2.20. The minimum absolute atomic E-state index is 0.0298. The van der Waals surface area contributed by atoms with Crippen LogP contribution in [-0.2, 0) is 17.9 Å². The van der Waals surface area contributed by atoms with Gasteiger partial charge in [0.1, 0.15) is 0 Å². The smallest absolute Gasteiger partial charge is 0.233 e. The van der Waals surface area contributed by atoms with E-state index in [9.17, 15) is 4.79 Å². The first-order chi connectivity index (χ1) is 14.0. The first-order valence-corrected chi connectivity index (χ1v) is 11.5. The molecule has 0 saturated heterocycles.